The number of nitrogens with two attached hydrogens (primary N) is 1. The molecule has 0 spiro atoms. The number of nitrogens with zero attached hydrogens (tertiary/aromatic N) is 2. The van der Waals surface area contributed by atoms with E-state index in [9.17, 15) is 0 Å². The van der Waals surface area contributed by atoms with E-state index in [1.807, 2.05) is 10.6 Å². The first-order valence-corrected chi connectivity index (χ1v) is 7.31. The van der Waals surface area contributed by atoms with Crippen molar-refractivity contribution in [2.24, 2.45) is 5.73 Å². The molecule has 1 aromatic heterocycles. The number of hydrogen-bond acceptors (Lipinski definition) is 4. The van der Waals surface area contributed by atoms with Gasteiger partial charge in [0.15, 0.2) is 0 Å². The Balaban J connectivity index is 2.22. The molecular formula is C14H17Cl2N3O2. The number of benzene rings is 1. The van der Waals surface area contributed by atoms with Crippen molar-refractivity contribution in [3.05, 3.63) is 40.3 Å². The van der Waals surface area contributed by atoms with Crippen molar-refractivity contribution in [1.82, 2.24) is 9.55 Å². The Bertz CT molecular complexity index is 602. The molecule has 21 heavy (non-hydrogen) atoms. The van der Waals surface area contributed by atoms with Gasteiger partial charge in [-0.15, -0.1) is 0 Å². The lowest BCUT2D eigenvalue weighted by atomic mass is 10.1. The second-order valence-electron chi connectivity index (χ2n) is 4.40. The summed E-state index contributed by atoms with van der Waals surface area (Å²) in [4.78, 5) is 4.40. The molecule has 0 saturated carbocycles. The molecule has 0 fully saturated rings. The zero-order valence-corrected chi connectivity index (χ0v) is 12.9. The van der Waals surface area contributed by atoms with Gasteiger partial charge < -0.3 is 20.1 Å². The fraction of sp³-hybridized carbons (Fsp3) is 0.357. The van der Waals surface area contributed by atoms with Gasteiger partial charge in [-0.3, -0.25) is 0 Å². The van der Waals surface area contributed by atoms with Crippen LogP contribution in [0.25, 0.3) is 11.3 Å². The van der Waals surface area contributed by atoms with Gasteiger partial charge in [0.25, 0.3) is 0 Å². The van der Waals surface area contributed by atoms with Gasteiger partial charge in [-0.1, -0.05) is 23.2 Å². The van der Waals surface area contributed by atoms with Crippen molar-refractivity contribution in [3.8, 4) is 11.3 Å². The van der Waals surface area contributed by atoms with Crippen LogP contribution >= 0.6 is 23.2 Å². The first-order valence-electron chi connectivity index (χ1n) is 6.55. The molecule has 0 aliphatic rings. The molecule has 0 unspecified atom stereocenters. The van der Waals surface area contributed by atoms with Crippen LogP contribution in [-0.2, 0) is 17.8 Å². The highest BCUT2D eigenvalue weighted by Crippen LogP contribution is 2.31. The number of hydrogen-bond donors (Lipinski definition) is 2. The predicted octanol–water partition coefficient (Wildman–Crippen LogP) is 2.32. The summed E-state index contributed by atoms with van der Waals surface area (Å²) >= 11 is 12.1. The van der Waals surface area contributed by atoms with Crippen molar-refractivity contribution >= 4 is 23.2 Å². The molecule has 7 heteroatoms. The van der Waals surface area contributed by atoms with E-state index < -0.39 is 0 Å². The zero-order chi connectivity index (χ0) is 15.2. The fourth-order valence-electron chi connectivity index (χ4n) is 2.05. The number of aromatic nitrogens is 2. The van der Waals surface area contributed by atoms with Crippen molar-refractivity contribution < 1.29 is 9.84 Å². The standard InChI is InChI=1S/C14H17Cl2N3O2/c15-10-1-2-11(12(16)7-10)14-13(8-17)19(9-18-14)3-5-21-6-4-20/h1-2,7,9,20H,3-6,8,17H2. The van der Waals surface area contributed by atoms with Crippen LogP contribution in [0.15, 0.2) is 24.5 Å². The summed E-state index contributed by atoms with van der Waals surface area (Å²) in [5.74, 6) is 0. The average Bonchev–Trinajstić information content (AvgIpc) is 2.86. The molecular weight excluding hydrogens is 313 g/mol. The highest BCUT2D eigenvalue weighted by Gasteiger charge is 2.14. The molecule has 1 aromatic carbocycles. The van der Waals surface area contributed by atoms with Gasteiger partial charge in [-0.05, 0) is 18.2 Å². The summed E-state index contributed by atoms with van der Waals surface area (Å²) < 4.78 is 7.19. The number of imidazole rings is 1. The van der Waals surface area contributed by atoms with Crippen LogP contribution in [0.1, 0.15) is 5.69 Å². The third-order valence-corrected chi connectivity index (χ3v) is 3.59. The molecule has 114 valence electrons. The fourth-order valence-corrected chi connectivity index (χ4v) is 2.55. The van der Waals surface area contributed by atoms with Crippen LogP contribution in [0, 0.1) is 0 Å². The minimum atomic E-state index is 0.0132. The van der Waals surface area contributed by atoms with Gasteiger partial charge in [0, 0.05) is 23.7 Å². The third kappa shape index (κ3) is 3.96. The van der Waals surface area contributed by atoms with Crippen LogP contribution in [0.3, 0.4) is 0 Å². The molecule has 0 bridgehead atoms. The van der Waals surface area contributed by atoms with Gasteiger partial charge in [-0.2, -0.15) is 0 Å². The SMILES string of the molecule is NCc1c(-c2ccc(Cl)cc2Cl)ncn1CCOCCO. The molecule has 2 aromatic rings. The van der Waals surface area contributed by atoms with E-state index in [0.717, 1.165) is 17.0 Å². The van der Waals surface area contributed by atoms with Crippen LogP contribution in [0.5, 0.6) is 0 Å². The molecule has 2 rings (SSSR count). The van der Waals surface area contributed by atoms with Gasteiger partial charge in [-0.25, -0.2) is 4.98 Å². The van der Waals surface area contributed by atoms with E-state index in [-0.39, 0.29) is 6.61 Å². The van der Waals surface area contributed by atoms with Crippen LogP contribution in [-0.4, -0.2) is 34.5 Å². The summed E-state index contributed by atoms with van der Waals surface area (Å²) in [7, 11) is 0. The Morgan fingerprint density at radius 1 is 1.29 bits per heavy atom. The van der Waals surface area contributed by atoms with E-state index in [1.165, 1.54) is 0 Å². The van der Waals surface area contributed by atoms with Gasteiger partial charge in [0.1, 0.15) is 0 Å². The summed E-state index contributed by atoms with van der Waals surface area (Å²) in [5.41, 5.74) is 8.27. The smallest absolute Gasteiger partial charge is 0.0957 e. The largest absolute Gasteiger partial charge is 0.394 e. The Morgan fingerprint density at radius 2 is 2.10 bits per heavy atom. The lowest BCUT2D eigenvalue weighted by molar-refractivity contribution is 0.0866. The van der Waals surface area contributed by atoms with Gasteiger partial charge >= 0.3 is 0 Å². The van der Waals surface area contributed by atoms with Crippen molar-refractivity contribution in [1.29, 1.82) is 0 Å². The Kier molecular flexibility index (Phi) is 6.02. The van der Waals surface area contributed by atoms with E-state index in [4.69, 9.17) is 38.8 Å². The molecule has 0 saturated heterocycles. The van der Waals surface area contributed by atoms with Gasteiger partial charge in [0.05, 0.1) is 42.6 Å². The molecule has 0 aliphatic carbocycles. The Labute approximate surface area is 133 Å². The second kappa shape index (κ2) is 7.77. The summed E-state index contributed by atoms with van der Waals surface area (Å²) in [6.45, 7) is 1.78. The lowest BCUT2D eigenvalue weighted by Gasteiger charge is -2.09. The maximum absolute atomic E-state index is 8.68. The van der Waals surface area contributed by atoms with Crippen molar-refractivity contribution in [2.45, 2.75) is 13.1 Å². The minimum Gasteiger partial charge on any atom is -0.394 e. The number of ether oxygens (including phenoxy) is 1. The minimum absolute atomic E-state index is 0.0132. The van der Waals surface area contributed by atoms with Crippen molar-refractivity contribution in [3.63, 3.8) is 0 Å². The second-order valence-corrected chi connectivity index (χ2v) is 5.24. The highest BCUT2D eigenvalue weighted by molar-refractivity contribution is 6.36. The predicted molar refractivity (Wildman–Crippen MR) is 83.5 cm³/mol. The molecule has 3 N–H and O–H groups in total. The zero-order valence-electron chi connectivity index (χ0n) is 11.4. The Morgan fingerprint density at radius 3 is 2.76 bits per heavy atom. The lowest BCUT2D eigenvalue weighted by Crippen LogP contribution is -2.12. The number of aliphatic hydroxyl groups is 1. The summed E-state index contributed by atoms with van der Waals surface area (Å²) in [6, 6.07) is 5.29. The first-order chi connectivity index (χ1) is 10.2. The van der Waals surface area contributed by atoms with Crippen molar-refractivity contribution in [2.75, 3.05) is 19.8 Å². The third-order valence-electron chi connectivity index (χ3n) is 3.04. The molecule has 5 nitrogen and oxygen atoms in total. The van der Waals surface area contributed by atoms with E-state index >= 15 is 0 Å². The van der Waals surface area contributed by atoms with Crippen LogP contribution in [0.2, 0.25) is 10.0 Å². The summed E-state index contributed by atoms with van der Waals surface area (Å²) in [5, 5.41) is 9.80. The molecule has 1 heterocycles. The van der Waals surface area contributed by atoms with E-state index in [1.54, 1.807) is 18.5 Å². The first kappa shape index (κ1) is 16.3. The molecule has 0 amide bonds. The molecule has 0 atom stereocenters. The van der Waals surface area contributed by atoms with Crippen LogP contribution in [0.4, 0.5) is 0 Å². The number of halogens is 2. The maximum atomic E-state index is 8.68. The topological polar surface area (TPSA) is 73.3 Å². The summed E-state index contributed by atoms with van der Waals surface area (Å²) in [6.07, 6.45) is 1.71. The van der Waals surface area contributed by atoms with E-state index in [0.29, 0.717) is 36.3 Å². The average molecular weight is 330 g/mol. The monoisotopic (exact) mass is 329 g/mol. The Hall–Kier alpha value is -1.11. The number of rotatable bonds is 7. The highest BCUT2D eigenvalue weighted by atomic mass is 35.5. The van der Waals surface area contributed by atoms with Crippen LogP contribution < -0.4 is 5.73 Å². The number of aliphatic hydroxyl groups excluding tert-OH is 1. The maximum Gasteiger partial charge on any atom is 0.0957 e. The van der Waals surface area contributed by atoms with Gasteiger partial charge in [0.2, 0.25) is 0 Å². The normalized spacial score (nSPS) is 11.0. The van der Waals surface area contributed by atoms with E-state index in [2.05, 4.69) is 4.98 Å². The quantitative estimate of drug-likeness (QED) is 0.764. The molecule has 0 aliphatic heterocycles. The molecule has 0 radical (unpaired) electrons.